The largest absolute Gasteiger partial charge is 0.496 e. The van der Waals surface area contributed by atoms with Gasteiger partial charge in [-0.15, -0.1) is 0 Å². The predicted octanol–water partition coefficient (Wildman–Crippen LogP) is 2.79. The van der Waals surface area contributed by atoms with Crippen molar-refractivity contribution in [3.05, 3.63) is 29.3 Å². The monoisotopic (exact) mass is 262 g/mol. The molecule has 3 nitrogen and oxygen atoms in total. The van der Waals surface area contributed by atoms with Crippen molar-refractivity contribution >= 4 is 0 Å². The van der Waals surface area contributed by atoms with Crippen molar-refractivity contribution in [2.75, 3.05) is 13.7 Å². The normalized spacial score (nSPS) is 19.8. The van der Waals surface area contributed by atoms with E-state index in [2.05, 4.69) is 30.4 Å². The maximum absolute atomic E-state index is 5.86. The van der Waals surface area contributed by atoms with Crippen LogP contribution in [0.4, 0.5) is 0 Å². The maximum Gasteiger partial charge on any atom is 0.122 e. The van der Waals surface area contributed by atoms with Crippen LogP contribution in [0, 0.1) is 0 Å². The van der Waals surface area contributed by atoms with Crippen molar-refractivity contribution in [3.8, 4) is 5.75 Å². The summed E-state index contributed by atoms with van der Waals surface area (Å²) in [6, 6.07) is 7.24. The number of hydrogen-bond acceptors (Lipinski definition) is 3. The van der Waals surface area contributed by atoms with Gasteiger partial charge in [-0.05, 0) is 42.9 Å². The number of benzene rings is 1. The Labute approximate surface area is 116 Å². The highest BCUT2D eigenvalue weighted by Gasteiger charge is 2.24. The Balaban J connectivity index is 2.17. The van der Waals surface area contributed by atoms with Crippen molar-refractivity contribution < 1.29 is 4.74 Å². The lowest BCUT2D eigenvalue weighted by molar-refractivity contribution is 0.368. The summed E-state index contributed by atoms with van der Waals surface area (Å²) in [5.74, 6) is 1.03. The van der Waals surface area contributed by atoms with E-state index in [0.29, 0.717) is 18.6 Å². The third-order valence-corrected chi connectivity index (χ3v) is 4.04. The fourth-order valence-corrected chi connectivity index (χ4v) is 3.08. The third-order valence-electron chi connectivity index (χ3n) is 4.04. The average molecular weight is 262 g/mol. The highest BCUT2D eigenvalue weighted by atomic mass is 16.5. The molecule has 0 fully saturated rings. The van der Waals surface area contributed by atoms with Crippen LogP contribution in [0.3, 0.4) is 0 Å². The Hall–Kier alpha value is -1.06. The molecule has 2 unspecified atom stereocenters. The molecule has 19 heavy (non-hydrogen) atoms. The topological polar surface area (TPSA) is 47.3 Å². The molecule has 2 atom stereocenters. The van der Waals surface area contributed by atoms with Crippen molar-refractivity contribution in [1.82, 2.24) is 5.32 Å². The zero-order valence-corrected chi connectivity index (χ0v) is 12.1. The second-order valence-corrected chi connectivity index (χ2v) is 5.36. The van der Waals surface area contributed by atoms with Crippen LogP contribution >= 0.6 is 0 Å². The molecule has 106 valence electrons. The predicted molar refractivity (Wildman–Crippen MR) is 79.6 cm³/mol. The van der Waals surface area contributed by atoms with E-state index in [-0.39, 0.29) is 0 Å². The molecule has 0 spiro atoms. The highest BCUT2D eigenvalue weighted by Crippen LogP contribution is 2.35. The standard InChI is InChI=1S/C16H26N2O/c1-3-6-12(11-17)18-15-9-4-8-14-13(15)7-5-10-16(14)19-2/h5,7,10,12,15,18H,3-4,6,8-9,11,17H2,1-2H3. The molecular formula is C16H26N2O. The summed E-state index contributed by atoms with van der Waals surface area (Å²) < 4.78 is 5.49. The minimum atomic E-state index is 0.423. The molecule has 0 saturated carbocycles. The van der Waals surface area contributed by atoms with E-state index < -0.39 is 0 Å². The van der Waals surface area contributed by atoms with Crippen LogP contribution < -0.4 is 15.8 Å². The van der Waals surface area contributed by atoms with Gasteiger partial charge in [-0.3, -0.25) is 0 Å². The summed E-state index contributed by atoms with van der Waals surface area (Å²) in [6.45, 7) is 2.92. The lowest BCUT2D eigenvalue weighted by Gasteiger charge is -2.31. The summed E-state index contributed by atoms with van der Waals surface area (Å²) in [4.78, 5) is 0. The average Bonchev–Trinajstić information content (AvgIpc) is 2.46. The fraction of sp³-hybridized carbons (Fsp3) is 0.625. The van der Waals surface area contributed by atoms with Gasteiger partial charge in [-0.25, -0.2) is 0 Å². The van der Waals surface area contributed by atoms with Crippen LogP contribution in [-0.4, -0.2) is 19.7 Å². The molecule has 0 amide bonds. The smallest absolute Gasteiger partial charge is 0.122 e. The van der Waals surface area contributed by atoms with E-state index in [0.717, 1.165) is 18.6 Å². The van der Waals surface area contributed by atoms with Gasteiger partial charge in [0.1, 0.15) is 5.75 Å². The Kier molecular flexibility index (Phi) is 5.23. The van der Waals surface area contributed by atoms with Gasteiger partial charge in [-0.1, -0.05) is 25.5 Å². The Bertz CT molecular complexity index is 406. The van der Waals surface area contributed by atoms with Crippen LogP contribution in [-0.2, 0) is 6.42 Å². The van der Waals surface area contributed by atoms with Crippen molar-refractivity contribution in [2.45, 2.75) is 51.1 Å². The zero-order chi connectivity index (χ0) is 13.7. The summed E-state index contributed by atoms with van der Waals surface area (Å²) in [6.07, 6.45) is 5.85. The Morgan fingerprint density at radius 1 is 1.47 bits per heavy atom. The molecule has 0 bridgehead atoms. The number of hydrogen-bond donors (Lipinski definition) is 2. The van der Waals surface area contributed by atoms with Gasteiger partial charge in [0, 0.05) is 18.6 Å². The fourth-order valence-electron chi connectivity index (χ4n) is 3.08. The Morgan fingerprint density at radius 3 is 3.00 bits per heavy atom. The molecule has 0 heterocycles. The third kappa shape index (κ3) is 3.28. The number of fused-ring (bicyclic) bond motifs is 1. The first-order valence-corrected chi connectivity index (χ1v) is 7.42. The van der Waals surface area contributed by atoms with Crippen molar-refractivity contribution in [1.29, 1.82) is 0 Å². The molecular weight excluding hydrogens is 236 g/mol. The van der Waals surface area contributed by atoms with Gasteiger partial charge in [0.25, 0.3) is 0 Å². The quantitative estimate of drug-likeness (QED) is 0.828. The number of ether oxygens (including phenoxy) is 1. The van der Waals surface area contributed by atoms with Crippen molar-refractivity contribution in [3.63, 3.8) is 0 Å². The summed E-state index contributed by atoms with van der Waals surface area (Å²) >= 11 is 0. The van der Waals surface area contributed by atoms with E-state index in [1.165, 1.54) is 30.4 Å². The molecule has 0 aromatic heterocycles. The minimum Gasteiger partial charge on any atom is -0.496 e. The number of methoxy groups -OCH3 is 1. The lowest BCUT2D eigenvalue weighted by Crippen LogP contribution is -2.39. The van der Waals surface area contributed by atoms with Crippen LogP contribution in [0.1, 0.15) is 49.8 Å². The number of nitrogens with two attached hydrogens (primary N) is 1. The van der Waals surface area contributed by atoms with Gasteiger partial charge in [0.2, 0.25) is 0 Å². The van der Waals surface area contributed by atoms with Gasteiger partial charge >= 0.3 is 0 Å². The minimum absolute atomic E-state index is 0.423. The Morgan fingerprint density at radius 2 is 2.32 bits per heavy atom. The number of rotatable bonds is 6. The number of nitrogens with one attached hydrogen (secondary N) is 1. The molecule has 3 N–H and O–H groups in total. The first kappa shape index (κ1) is 14.4. The second kappa shape index (κ2) is 6.92. The summed E-state index contributed by atoms with van der Waals surface area (Å²) in [5, 5.41) is 3.73. The maximum atomic E-state index is 5.86. The van der Waals surface area contributed by atoms with Gasteiger partial charge in [-0.2, -0.15) is 0 Å². The molecule has 0 radical (unpaired) electrons. The summed E-state index contributed by atoms with van der Waals surface area (Å²) in [5.41, 5.74) is 8.64. The van der Waals surface area contributed by atoms with Crippen LogP contribution in [0.2, 0.25) is 0 Å². The lowest BCUT2D eigenvalue weighted by atomic mass is 9.86. The molecule has 1 aromatic rings. The van der Waals surface area contributed by atoms with E-state index in [1.807, 2.05) is 0 Å². The van der Waals surface area contributed by atoms with E-state index in [9.17, 15) is 0 Å². The molecule has 1 aromatic carbocycles. The van der Waals surface area contributed by atoms with Crippen molar-refractivity contribution in [2.24, 2.45) is 5.73 Å². The molecule has 1 aliphatic rings. The molecule has 3 heteroatoms. The zero-order valence-electron chi connectivity index (χ0n) is 12.1. The van der Waals surface area contributed by atoms with Crippen LogP contribution in [0.25, 0.3) is 0 Å². The molecule has 1 aliphatic carbocycles. The van der Waals surface area contributed by atoms with Gasteiger partial charge < -0.3 is 15.8 Å². The summed E-state index contributed by atoms with van der Waals surface area (Å²) in [7, 11) is 1.76. The van der Waals surface area contributed by atoms with E-state index >= 15 is 0 Å². The van der Waals surface area contributed by atoms with Gasteiger partial charge in [0.15, 0.2) is 0 Å². The molecule has 0 aliphatic heterocycles. The SMILES string of the molecule is CCCC(CN)NC1CCCc2c(OC)cccc21. The first-order chi connectivity index (χ1) is 9.30. The first-order valence-electron chi connectivity index (χ1n) is 7.42. The van der Waals surface area contributed by atoms with Crippen LogP contribution in [0.15, 0.2) is 18.2 Å². The van der Waals surface area contributed by atoms with Gasteiger partial charge in [0.05, 0.1) is 7.11 Å². The van der Waals surface area contributed by atoms with E-state index in [1.54, 1.807) is 7.11 Å². The molecule has 2 rings (SSSR count). The highest BCUT2D eigenvalue weighted by molar-refractivity contribution is 5.43. The van der Waals surface area contributed by atoms with E-state index in [4.69, 9.17) is 10.5 Å². The second-order valence-electron chi connectivity index (χ2n) is 5.36. The van der Waals surface area contributed by atoms with Crippen LogP contribution in [0.5, 0.6) is 5.75 Å². The molecule has 0 saturated heterocycles.